The van der Waals surface area contributed by atoms with Gasteiger partial charge in [-0.15, -0.1) is 0 Å². The van der Waals surface area contributed by atoms with Crippen LogP contribution in [0.5, 0.6) is 5.75 Å². The van der Waals surface area contributed by atoms with E-state index in [4.69, 9.17) is 0 Å². The normalized spacial score (nSPS) is 11.9. The smallest absolute Gasteiger partial charge is 0.251 e. The van der Waals surface area contributed by atoms with E-state index >= 15 is 0 Å². The second-order valence-electron chi connectivity index (χ2n) is 4.14. The van der Waals surface area contributed by atoms with Crippen molar-refractivity contribution in [1.29, 1.82) is 0 Å². The minimum atomic E-state index is -0.212. The van der Waals surface area contributed by atoms with Gasteiger partial charge in [0.15, 0.2) is 0 Å². The number of rotatable bonds is 3. The fourth-order valence-electron chi connectivity index (χ4n) is 1.67. The fourth-order valence-corrected chi connectivity index (χ4v) is 2.00. The first kappa shape index (κ1) is 13.8. The molecule has 0 bridgehead atoms. The van der Waals surface area contributed by atoms with E-state index in [-0.39, 0.29) is 17.7 Å². The molecule has 19 heavy (non-hydrogen) atoms. The lowest BCUT2D eigenvalue weighted by atomic mass is 10.1. The summed E-state index contributed by atoms with van der Waals surface area (Å²) < 4.78 is 0.719. The molecule has 5 heteroatoms. The van der Waals surface area contributed by atoms with Crippen molar-refractivity contribution in [2.75, 3.05) is 0 Å². The van der Waals surface area contributed by atoms with E-state index in [1.54, 1.807) is 24.5 Å². The van der Waals surface area contributed by atoms with Gasteiger partial charge in [0, 0.05) is 18.0 Å². The van der Waals surface area contributed by atoms with Gasteiger partial charge in [-0.3, -0.25) is 9.78 Å². The molecule has 0 aliphatic carbocycles. The van der Waals surface area contributed by atoms with Crippen LogP contribution in [0, 0.1) is 3.57 Å². The standard InChI is InChI=1S/C14H13IN2O2/c1-9(10-4-6-16-7-5-10)17-14(19)11-2-3-12(15)13(18)8-11/h2-9,18H,1H3,(H,17,19). The van der Waals surface area contributed by atoms with Crippen LogP contribution in [-0.4, -0.2) is 16.0 Å². The van der Waals surface area contributed by atoms with Crippen LogP contribution in [0.15, 0.2) is 42.7 Å². The molecule has 2 rings (SSSR count). The quantitative estimate of drug-likeness (QED) is 0.820. The summed E-state index contributed by atoms with van der Waals surface area (Å²) in [5.41, 5.74) is 1.43. The molecule has 98 valence electrons. The molecular weight excluding hydrogens is 355 g/mol. The minimum absolute atomic E-state index is 0.114. The molecule has 0 saturated heterocycles. The molecule has 0 aliphatic rings. The highest BCUT2D eigenvalue weighted by atomic mass is 127. The van der Waals surface area contributed by atoms with Gasteiger partial charge in [-0.1, -0.05) is 0 Å². The van der Waals surface area contributed by atoms with Gasteiger partial charge in [0.05, 0.1) is 9.61 Å². The van der Waals surface area contributed by atoms with Crippen LogP contribution in [0.3, 0.4) is 0 Å². The van der Waals surface area contributed by atoms with E-state index in [1.807, 2.05) is 41.6 Å². The number of nitrogens with zero attached hydrogens (tertiary/aromatic N) is 1. The molecular formula is C14H13IN2O2. The molecule has 1 aromatic heterocycles. The second kappa shape index (κ2) is 6.01. The van der Waals surface area contributed by atoms with Gasteiger partial charge in [-0.25, -0.2) is 0 Å². The molecule has 0 saturated carbocycles. The Hall–Kier alpha value is -1.63. The summed E-state index contributed by atoms with van der Waals surface area (Å²) in [5, 5.41) is 12.5. The average Bonchev–Trinajstić information content (AvgIpc) is 2.42. The summed E-state index contributed by atoms with van der Waals surface area (Å²) in [6.45, 7) is 1.90. The van der Waals surface area contributed by atoms with E-state index in [2.05, 4.69) is 10.3 Å². The van der Waals surface area contributed by atoms with Crippen molar-refractivity contribution in [3.8, 4) is 5.75 Å². The molecule has 0 spiro atoms. The molecule has 0 radical (unpaired) electrons. The first-order valence-electron chi connectivity index (χ1n) is 5.77. The fraction of sp³-hybridized carbons (Fsp3) is 0.143. The number of aromatic hydroxyl groups is 1. The van der Waals surface area contributed by atoms with Crippen molar-refractivity contribution in [3.05, 3.63) is 57.4 Å². The van der Waals surface area contributed by atoms with Gasteiger partial charge in [-0.05, 0) is 65.4 Å². The topological polar surface area (TPSA) is 62.2 Å². The Labute approximate surface area is 125 Å². The predicted octanol–water partition coefficient (Wildman–Crippen LogP) is 2.88. The van der Waals surface area contributed by atoms with Crippen molar-refractivity contribution < 1.29 is 9.90 Å². The highest BCUT2D eigenvalue weighted by Crippen LogP contribution is 2.21. The third-order valence-electron chi connectivity index (χ3n) is 2.76. The van der Waals surface area contributed by atoms with E-state index in [1.165, 1.54) is 6.07 Å². The van der Waals surface area contributed by atoms with Gasteiger partial charge in [0.2, 0.25) is 0 Å². The molecule has 1 amide bonds. The first-order chi connectivity index (χ1) is 9.08. The highest BCUT2D eigenvalue weighted by Gasteiger charge is 2.12. The zero-order chi connectivity index (χ0) is 13.8. The van der Waals surface area contributed by atoms with Crippen molar-refractivity contribution >= 4 is 28.5 Å². The number of pyridine rings is 1. The number of benzene rings is 1. The van der Waals surface area contributed by atoms with E-state index in [9.17, 15) is 9.90 Å². The molecule has 1 atom stereocenters. The number of nitrogens with one attached hydrogen (secondary N) is 1. The molecule has 2 N–H and O–H groups in total. The summed E-state index contributed by atoms with van der Waals surface area (Å²) in [7, 11) is 0. The Morgan fingerprint density at radius 2 is 2.00 bits per heavy atom. The number of hydrogen-bond donors (Lipinski definition) is 2. The number of carbonyl (C=O) groups excluding carboxylic acids is 1. The minimum Gasteiger partial charge on any atom is -0.507 e. The van der Waals surface area contributed by atoms with Crippen molar-refractivity contribution in [2.24, 2.45) is 0 Å². The maximum atomic E-state index is 12.1. The van der Waals surface area contributed by atoms with E-state index in [0.29, 0.717) is 5.56 Å². The van der Waals surface area contributed by atoms with Crippen LogP contribution in [0.25, 0.3) is 0 Å². The van der Waals surface area contributed by atoms with Gasteiger partial charge >= 0.3 is 0 Å². The van der Waals surface area contributed by atoms with Crippen LogP contribution < -0.4 is 5.32 Å². The van der Waals surface area contributed by atoms with E-state index in [0.717, 1.165) is 9.13 Å². The maximum absolute atomic E-state index is 12.1. The lowest BCUT2D eigenvalue weighted by Crippen LogP contribution is -2.26. The number of amides is 1. The summed E-state index contributed by atoms with van der Waals surface area (Å²) in [6, 6.07) is 8.47. The Bertz CT molecular complexity index is 587. The van der Waals surface area contributed by atoms with Crippen LogP contribution in [0.4, 0.5) is 0 Å². The Morgan fingerprint density at radius 3 is 2.63 bits per heavy atom. The van der Waals surface area contributed by atoms with Crippen LogP contribution in [0.1, 0.15) is 28.9 Å². The number of phenolic OH excluding ortho intramolecular Hbond substituents is 1. The number of halogens is 1. The Morgan fingerprint density at radius 1 is 1.32 bits per heavy atom. The molecule has 1 unspecified atom stereocenters. The third kappa shape index (κ3) is 3.44. The Balaban J connectivity index is 2.11. The van der Waals surface area contributed by atoms with Crippen LogP contribution >= 0.6 is 22.6 Å². The molecule has 4 nitrogen and oxygen atoms in total. The average molecular weight is 368 g/mol. The number of phenols is 1. The maximum Gasteiger partial charge on any atom is 0.251 e. The van der Waals surface area contributed by atoms with Crippen molar-refractivity contribution in [1.82, 2.24) is 10.3 Å². The highest BCUT2D eigenvalue weighted by molar-refractivity contribution is 14.1. The van der Waals surface area contributed by atoms with Gasteiger partial charge in [0.25, 0.3) is 5.91 Å². The van der Waals surface area contributed by atoms with Gasteiger partial charge in [-0.2, -0.15) is 0 Å². The molecule has 1 aromatic carbocycles. The summed E-state index contributed by atoms with van der Waals surface area (Å²) in [6.07, 6.45) is 3.38. The monoisotopic (exact) mass is 368 g/mol. The SMILES string of the molecule is CC(NC(=O)c1ccc(I)c(O)c1)c1ccncc1. The van der Waals surface area contributed by atoms with E-state index < -0.39 is 0 Å². The number of aromatic nitrogens is 1. The lowest BCUT2D eigenvalue weighted by molar-refractivity contribution is 0.0939. The van der Waals surface area contributed by atoms with Gasteiger partial charge < -0.3 is 10.4 Å². The molecule has 1 heterocycles. The summed E-state index contributed by atoms with van der Waals surface area (Å²) >= 11 is 2.01. The predicted molar refractivity (Wildman–Crippen MR) is 80.9 cm³/mol. The Kier molecular flexibility index (Phi) is 4.36. The van der Waals surface area contributed by atoms with Gasteiger partial charge in [0.1, 0.15) is 5.75 Å². The number of hydrogen-bond acceptors (Lipinski definition) is 3. The third-order valence-corrected chi connectivity index (χ3v) is 3.67. The van der Waals surface area contributed by atoms with Crippen molar-refractivity contribution in [3.63, 3.8) is 0 Å². The number of carbonyl (C=O) groups is 1. The zero-order valence-electron chi connectivity index (χ0n) is 10.3. The second-order valence-corrected chi connectivity index (χ2v) is 5.30. The first-order valence-corrected chi connectivity index (χ1v) is 6.85. The summed E-state index contributed by atoms with van der Waals surface area (Å²) in [5.74, 6) is -0.0965. The van der Waals surface area contributed by atoms with Crippen LogP contribution in [-0.2, 0) is 0 Å². The molecule has 2 aromatic rings. The summed E-state index contributed by atoms with van der Waals surface area (Å²) in [4.78, 5) is 16.0. The van der Waals surface area contributed by atoms with Crippen molar-refractivity contribution in [2.45, 2.75) is 13.0 Å². The molecule has 0 aliphatic heterocycles. The lowest BCUT2D eigenvalue weighted by Gasteiger charge is -2.14. The molecule has 0 fully saturated rings. The largest absolute Gasteiger partial charge is 0.507 e. The zero-order valence-corrected chi connectivity index (χ0v) is 12.5. The van der Waals surface area contributed by atoms with Crippen LogP contribution in [0.2, 0.25) is 0 Å².